The van der Waals surface area contributed by atoms with E-state index in [9.17, 15) is 9.59 Å². The number of ether oxygens (including phenoxy) is 1. The van der Waals surface area contributed by atoms with Gasteiger partial charge in [0.15, 0.2) is 5.78 Å². The number of carbonyl (C=O) groups excluding carboxylic acids is 2. The van der Waals surface area contributed by atoms with Gasteiger partial charge in [0, 0.05) is 23.4 Å². The molecule has 0 bridgehead atoms. The molecule has 0 saturated carbocycles. The molecule has 0 aromatic heterocycles. The van der Waals surface area contributed by atoms with Crippen molar-refractivity contribution in [2.24, 2.45) is 0 Å². The number of carbonyl (C=O) groups is 2. The summed E-state index contributed by atoms with van der Waals surface area (Å²) in [6.07, 6.45) is 1.09. The van der Waals surface area contributed by atoms with E-state index in [0.717, 1.165) is 29.0 Å². The number of hydrogen-bond acceptors (Lipinski definition) is 3. The number of Topliss-reactive ketones (excluding diaryl/α,β-unsaturated/α-hetero) is 1. The molecule has 1 aliphatic heterocycles. The number of hydrogen-bond donors (Lipinski definition) is 0. The monoisotopic (exact) mass is 309 g/mol. The highest BCUT2D eigenvalue weighted by molar-refractivity contribution is 5.99. The fourth-order valence-corrected chi connectivity index (χ4v) is 2.99. The molecule has 0 N–H and O–H groups in total. The summed E-state index contributed by atoms with van der Waals surface area (Å²) in [5, 5.41) is 0. The van der Waals surface area contributed by atoms with Gasteiger partial charge in [0.2, 0.25) is 5.91 Å². The van der Waals surface area contributed by atoms with Crippen LogP contribution >= 0.6 is 0 Å². The summed E-state index contributed by atoms with van der Waals surface area (Å²) in [5.74, 6) is 0.822. The minimum Gasteiger partial charge on any atom is -0.496 e. The zero-order valence-electron chi connectivity index (χ0n) is 13.3. The van der Waals surface area contributed by atoms with Crippen molar-refractivity contribution in [2.75, 3.05) is 18.6 Å². The number of methoxy groups -OCH3 is 1. The van der Waals surface area contributed by atoms with Crippen LogP contribution in [-0.4, -0.2) is 25.3 Å². The minimum absolute atomic E-state index is 0.0452. The predicted molar refractivity (Wildman–Crippen MR) is 89.2 cm³/mol. The SMILES string of the molecule is COc1ccccc1CC(=O)N1CCc2cc(C(C)=O)ccc21. The van der Waals surface area contributed by atoms with E-state index in [1.807, 2.05) is 36.4 Å². The number of amides is 1. The van der Waals surface area contributed by atoms with Crippen LogP contribution in [0.15, 0.2) is 42.5 Å². The van der Waals surface area contributed by atoms with Crippen LogP contribution < -0.4 is 9.64 Å². The van der Waals surface area contributed by atoms with Gasteiger partial charge in [-0.15, -0.1) is 0 Å². The van der Waals surface area contributed by atoms with Gasteiger partial charge in [-0.3, -0.25) is 9.59 Å². The lowest BCUT2D eigenvalue weighted by Crippen LogP contribution is -2.30. The molecule has 0 atom stereocenters. The zero-order valence-corrected chi connectivity index (χ0v) is 13.3. The molecule has 0 saturated heterocycles. The molecule has 0 fully saturated rings. The van der Waals surface area contributed by atoms with E-state index in [0.29, 0.717) is 18.5 Å². The van der Waals surface area contributed by atoms with Gasteiger partial charge in [-0.25, -0.2) is 0 Å². The average molecular weight is 309 g/mol. The lowest BCUT2D eigenvalue weighted by molar-refractivity contribution is -0.117. The van der Waals surface area contributed by atoms with Crippen LogP contribution in [0, 0.1) is 0 Å². The lowest BCUT2D eigenvalue weighted by atomic mass is 10.1. The van der Waals surface area contributed by atoms with Crippen molar-refractivity contribution < 1.29 is 14.3 Å². The summed E-state index contributed by atoms with van der Waals surface area (Å²) in [6.45, 7) is 2.21. The second kappa shape index (κ2) is 6.24. The topological polar surface area (TPSA) is 46.6 Å². The van der Waals surface area contributed by atoms with E-state index >= 15 is 0 Å². The highest BCUT2D eigenvalue weighted by Gasteiger charge is 2.25. The van der Waals surface area contributed by atoms with Gasteiger partial charge in [0.1, 0.15) is 5.75 Å². The molecule has 0 radical (unpaired) electrons. The number of para-hydroxylation sites is 1. The quantitative estimate of drug-likeness (QED) is 0.816. The summed E-state index contributed by atoms with van der Waals surface area (Å²) in [7, 11) is 1.61. The Kier molecular flexibility index (Phi) is 4.15. The smallest absolute Gasteiger partial charge is 0.231 e. The zero-order chi connectivity index (χ0) is 16.4. The molecule has 1 heterocycles. The number of anilines is 1. The molecule has 2 aromatic carbocycles. The van der Waals surface area contributed by atoms with E-state index in [-0.39, 0.29) is 11.7 Å². The number of nitrogens with zero attached hydrogens (tertiary/aromatic N) is 1. The first-order valence-corrected chi connectivity index (χ1v) is 7.66. The summed E-state index contributed by atoms with van der Waals surface area (Å²) < 4.78 is 5.31. The van der Waals surface area contributed by atoms with Crippen molar-refractivity contribution in [1.82, 2.24) is 0 Å². The summed E-state index contributed by atoms with van der Waals surface area (Å²) in [6, 6.07) is 13.1. The second-order valence-corrected chi connectivity index (χ2v) is 5.68. The molecule has 1 amide bonds. The maximum atomic E-state index is 12.7. The Balaban J connectivity index is 1.82. The van der Waals surface area contributed by atoms with Gasteiger partial charge in [0.25, 0.3) is 0 Å². The van der Waals surface area contributed by atoms with Crippen molar-refractivity contribution in [1.29, 1.82) is 0 Å². The molecule has 0 aliphatic carbocycles. The van der Waals surface area contributed by atoms with Crippen molar-refractivity contribution in [3.8, 4) is 5.75 Å². The number of fused-ring (bicyclic) bond motifs is 1. The predicted octanol–water partition coefficient (Wildman–Crippen LogP) is 3.03. The number of benzene rings is 2. The Hall–Kier alpha value is -2.62. The molecule has 0 spiro atoms. The summed E-state index contributed by atoms with van der Waals surface area (Å²) in [5.41, 5.74) is 3.55. The molecule has 3 rings (SSSR count). The van der Waals surface area contributed by atoms with Crippen molar-refractivity contribution in [3.05, 3.63) is 59.2 Å². The molecule has 2 aromatic rings. The van der Waals surface area contributed by atoms with E-state index in [4.69, 9.17) is 4.74 Å². The summed E-state index contributed by atoms with van der Waals surface area (Å²) in [4.78, 5) is 25.9. The van der Waals surface area contributed by atoms with E-state index in [2.05, 4.69) is 0 Å². The first-order chi connectivity index (χ1) is 11.1. The minimum atomic E-state index is 0.0452. The number of rotatable bonds is 4. The largest absolute Gasteiger partial charge is 0.496 e. The molecule has 1 aliphatic rings. The lowest BCUT2D eigenvalue weighted by Gasteiger charge is -2.18. The molecule has 4 heteroatoms. The Morgan fingerprint density at radius 2 is 1.96 bits per heavy atom. The van der Waals surface area contributed by atoms with E-state index in [1.54, 1.807) is 25.0 Å². The van der Waals surface area contributed by atoms with Crippen molar-refractivity contribution >= 4 is 17.4 Å². The Morgan fingerprint density at radius 3 is 2.70 bits per heavy atom. The maximum Gasteiger partial charge on any atom is 0.231 e. The van der Waals surface area contributed by atoms with Crippen LogP contribution in [0.25, 0.3) is 0 Å². The van der Waals surface area contributed by atoms with E-state index in [1.165, 1.54) is 0 Å². The Bertz CT molecular complexity index is 767. The van der Waals surface area contributed by atoms with Gasteiger partial charge < -0.3 is 9.64 Å². The molecule has 23 heavy (non-hydrogen) atoms. The third-order valence-electron chi connectivity index (χ3n) is 4.22. The highest BCUT2D eigenvalue weighted by Crippen LogP contribution is 2.30. The van der Waals surface area contributed by atoms with Gasteiger partial charge in [-0.2, -0.15) is 0 Å². The van der Waals surface area contributed by atoms with Crippen LogP contribution in [0.2, 0.25) is 0 Å². The van der Waals surface area contributed by atoms with Crippen LogP contribution in [-0.2, 0) is 17.6 Å². The molecular formula is C19H19NO3. The van der Waals surface area contributed by atoms with Gasteiger partial charge in [-0.1, -0.05) is 18.2 Å². The van der Waals surface area contributed by atoms with Crippen LogP contribution in [0.5, 0.6) is 5.75 Å². The van der Waals surface area contributed by atoms with E-state index < -0.39 is 0 Å². The van der Waals surface area contributed by atoms with Gasteiger partial charge in [-0.05, 0) is 43.2 Å². The molecule has 4 nitrogen and oxygen atoms in total. The van der Waals surface area contributed by atoms with Crippen molar-refractivity contribution in [2.45, 2.75) is 19.8 Å². The normalized spacial score (nSPS) is 12.9. The second-order valence-electron chi connectivity index (χ2n) is 5.68. The Morgan fingerprint density at radius 1 is 1.17 bits per heavy atom. The van der Waals surface area contributed by atoms with Crippen LogP contribution in [0.4, 0.5) is 5.69 Å². The molecule has 118 valence electrons. The first kappa shape index (κ1) is 15.3. The average Bonchev–Trinajstić information content (AvgIpc) is 2.98. The van der Waals surface area contributed by atoms with Crippen molar-refractivity contribution in [3.63, 3.8) is 0 Å². The van der Waals surface area contributed by atoms with Crippen LogP contribution in [0.3, 0.4) is 0 Å². The van der Waals surface area contributed by atoms with Gasteiger partial charge in [0.05, 0.1) is 13.5 Å². The molecular weight excluding hydrogens is 290 g/mol. The van der Waals surface area contributed by atoms with Gasteiger partial charge >= 0.3 is 0 Å². The third kappa shape index (κ3) is 2.97. The maximum absolute atomic E-state index is 12.7. The third-order valence-corrected chi connectivity index (χ3v) is 4.22. The highest BCUT2D eigenvalue weighted by atomic mass is 16.5. The standard InChI is InChI=1S/C19H19NO3/c1-13(21)14-7-8-17-15(11-14)9-10-20(17)19(22)12-16-5-3-4-6-18(16)23-2/h3-8,11H,9-10,12H2,1-2H3. The first-order valence-electron chi connectivity index (χ1n) is 7.66. The fraction of sp³-hybridized carbons (Fsp3) is 0.263. The molecule has 0 unspecified atom stereocenters. The Labute approximate surface area is 135 Å². The fourth-order valence-electron chi connectivity index (χ4n) is 2.99. The van der Waals surface area contributed by atoms with Crippen LogP contribution in [0.1, 0.15) is 28.4 Å². The number of ketones is 1. The summed E-state index contributed by atoms with van der Waals surface area (Å²) >= 11 is 0.